The third-order valence-electron chi connectivity index (χ3n) is 2.98. The van der Waals surface area contributed by atoms with Crippen molar-refractivity contribution in [2.75, 3.05) is 0 Å². The van der Waals surface area contributed by atoms with Gasteiger partial charge in [0.15, 0.2) is 0 Å². The van der Waals surface area contributed by atoms with Gasteiger partial charge in [0.25, 0.3) is 0 Å². The van der Waals surface area contributed by atoms with Gasteiger partial charge in [-0.15, -0.1) is 0 Å². The van der Waals surface area contributed by atoms with Gasteiger partial charge in [-0.2, -0.15) is 5.26 Å². The Bertz CT molecular complexity index is 567. The molecule has 2 aromatic carbocycles. The molecule has 0 spiro atoms. The van der Waals surface area contributed by atoms with Crippen LogP contribution in [0.5, 0.6) is 11.5 Å². The van der Waals surface area contributed by atoms with Crippen molar-refractivity contribution in [1.82, 2.24) is 0 Å². The monoisotopic (exact) mass is 251 g/mol. The van der Waals surface area contributed by atoms with E-state index in [4.69, 9.17) is 10.00 Å². The van der Waals surface area contributed by atoms with Gasteiger partial charge in [-0.25, -0.2) is 0 Å². The van der Waals surface area contributed by atoms with Crippen molar-refractivity contribution in [2.45, 2.75) is 26.2 Å². The second-order valence-corrected chi connectivity index (χ2v) is 4.46. The van der Waals surface area contributed by atoms with E-state index in [0.717, 1.165) is 12.2 Å². The highest BCUT2D eigenvalue weighted by atomic mass is 16.5. The number of ether oxygens (including phenoxy) is 1. The molecule has 0 amide bonds. The van der Waals surface area contributed by atoms with Crippen LogP contribution in [0.15, 0.2) is 48.5 Å². The van der Waals surface area contributed by atoms with Crippen LogP contribution < -0.4 is 4.74 Å². The molecule has 2 aromatic rings. The number of unbranched alkanes of at least 4 members (excludes halogenated alkanes) is 1. The zero-order chi connectivity index (χ0) is 13.5. The maximum atomic E-state index is 9.01. The molecule has 2 nitrogen and oxygen atoms in total. The molecule has 19 heavy (non-hydrogen) atoms. The minimum Gasteiger partial charge on any atom is -0.456 e. The predicted molar refractivity (Wildman–Crippen MR) is 76.3 cm³/mol. The van der Waals surface area contributed by atoms with Crippen LogP contribution in [-0.4, -0.2) is 0 Å². The summed E-state index contributed by atoms with van der Waals surface area (Å²) in [6, 6.07) is 17.5. The molecule has 2 heteroatoms. The number of rotatable bonds is 5. The van der Waals surface area contributed by atoms with Crippen molar-refractivity contribution in [3.63, 3.8) is 0 Å². The summed E-state index contributed by atoms with van der Waals surface area (Å²) in [7, 11) is 0. The maximum absolute atomic E-state index is 9.01. The summed E-state index contributed by atoms with van der Waals surface area (Å²) >= 11 is 0. The molecule has 0 bridgehead atoms. The molecule has 0 saturated heterocycles. The van der Waals surface area contributed by atoms with E-state index in [2.05, 4.69) is 25.1 Å². The summed E-state index contributed by atoms with van der Waals surface area (Å²) in [6.45, 7) is 2.19. The van der Waals surface area contributed by atoms with Crippen LogP contribution in [0.25, 0.3) is 0 Å². The molecule has 0 fully saturated rings. The lowest BCUT2D eigenvalue weighted by Gasteiger charge is -2.08. The lowest BCUT2D eigenvalue weighted by Crippen LogP contribution is -1.89. The van der Waals surface area contributed by atoms with E-state index in [0.29, 0.717) is 11.3 Å². The average molecular weight is 251 g/mol. The van der Waals surface area contributed by atoms with E-state index in [1.54, 1.807) is 6.07 Å². The van der Waals surface area contributed by atoms with Crippen LogP contribution in [0.2, 0.25) is 0 Å². The summed E-state index contributed by atoms with van der Waals surface area (Å²) < 4.78 is 5.74. The first-order chi connectivity index (χ1) is 9.33. The molecule has 0 saturated carbocycles. The molecule has 2 rings (SSSR count). The van der Waals surface area contributed by atoms with Crippen LogP contribution >= 0.6 is 0 Å². The standard InChI is InChI=1S/C17H17NO/c1-2-3-6-14-9-11-16(12-10-14)19-17-8-5-4-7-15(17)13-18/h4-5,7-12H,2-3,6H2,1H3. The van der Waals surface area contributed by atoms with Crippen molar-refractivity contribution >= 4 is 0 Å². The van der Waals surface area contributed by atoms with E-state index < -0.39 is 0 Å². The number of benzene rings is 2. The van der Waals surface area contributed by atoms with Crippen LogP contribution in [-0.2, 0) is 6.42 Å². The van der Waals surface area contributed by atoms with Gasteiger partial charge in [0.05, 0.1) is 5.56 Å². The summed E-state index contributed by atoms with van der Waals surface area (Å²) in [5, 5.41) is 9.01. The Morgan fingerprint density at radius 2 is 1.79 bits per heavy atom. The van der Waals surface area contributed by atoms with Crippen molar-refractivity contribution in [3.8, 4) is 17.6 Å². The number of hydrogen-bond donors (Lipinski definition) is 0. The van der Waals surface area contributed by atoms with E-state index in [1.807, 2.05) is 30.3 Å². The summed E-state index contributed by atoms with van der Waals surface area (Å²) in [4.78, 5) is 0. The highest BCUT2D eigenvalue weighted by Crippen LogP contribution is 2.25. The second kappa shape index (κ2) is 6.61. The molecule has 0 aliphatic rings. The van der Waals surface area contributed by atoms with Crippen molar-refractivity contribution < 1.29 is 4.74 Å². The minimum atomic E-state index is 0.553. The van der Waals surface area contributed by atoms with Crippen LogP contribution in [0.4, 0.5) is 0 Å². The van der Waals surface area contributed by atoms with Gasteiger partial charge in [-0.05, 0) is 42.7 Å². The number of nitriles is 1. The van der Waals surface area contributed by atoms with Gasteiger partial charge >= 0.3 is 0 Å². The lowest BCUT2D eigenvalue weighted by atomic mass is 10.1. The Labute approximate surface area is 114 Å². The van der Waals surface area contributed by atoms with E-state index in [9.17, 15) is 0 Å². The van der Waals surface area contributed by atoms with Crippen molar-refractivity contribution in [3.05, 3.63) is 59.7 Å². The Hall–Kier alpha value is -2.27. The van der Waals surface area contributed by atoms with Gasteiger partial charge in [-0.1, -0.05) is 37.6 Å². The van der Waals surface area contributed by atoms with Gasteiger partial charge in [-0.3, -0.25) is 0 Å². The van der Waals surface area contributed by atoms with E-state index in [1.165, 1.54) is 18.4 Å². The number of hydrogen-bond acceptors (Lipinski definition) is 2. The van der Waals surface area contributed by atoms with Crippen molar-refractivity contribution in [1.29, 1.82) is 5.26 Å². The minimum absolute atomic E-state index is 0.553. The highest BCUT2D eigenvalue weighted by Gasteiger charge is 2.03. The Kier molecular flexibility index (Phi) is 4.58. The fraction of sp³-hybridized carbons (Fsp3) is 0.235. The zero-order valence-corrected chi connectivity index (χ0v) is 11.1. The molecule has 0 radical (unpaired) electrons. The Balaban J connectivity index is 2.09. The van der Waals surface area contributed by atoms with Crippen LogP contribution in [0, 0.1) is 11.3 Å². The Morgan fingerprint density at radius 1 is 1.05 bits per heavy atom. The second-order valence-electron chi connectivity index (χ2n) is 4.46. The maximum Gasteiger partial charge on any atom is 0.145 e. The van der Waals surface area contributed by atoms with Gasteiger partial charge < -0.3 is 4.74 Å². The molecule has 0 aromatic heterocycles. The smallest absolute Gasteiger partial charge is 0.145 e. The highest BCUT2D eigenvalue weighted by molar-refractivity contribution is 5.45. The first-order valence-electron chi connectivity index (χ1n) is 6.59. The number of para-hydroxylation sites is 1. The van der Waals surface area contributed by atoms with E-state index in [-0.39, 0.29) is 0 Å². The van der Waals surface area contributed by atoms with Crippen LogP contribution in [0.1, 0.15) is 30.9 Å². The third-order valence-corrected chi connectivity index (χ3v) is 2.98. The molecule has 0 aliphatic heterocycles. The molecule has 0 atom stereocenters. The fourth-order valence-electron chi connectivity index (χ4n) is 1.88. The normalized spacial score (nSPS) is 9.89. The molecule has 0 aliphatic carbocycles. The summed E-state index contributed by atoms with van der Waals surface area (Å²) in [5.74, 6) is 1.37. The Morgan fingerprint density at radius 3 is 2.47 bits per heavy atom. The van der Waals surface area contributed by atoms with Gasteiger partial charge in [0.1, 0.15) is 17.6 Å². The van der Waals surface area contributed by atoms with Crippen LogP contribution in [0.3, 0.4) is 0 Å². The topological polar surface area (TPSA) is 33.0 Å². The van der Waals surface area contributed by atoms with Gasteiger partial charge in [0.2, 0.25) is 0 Å². The molecule has 0 heterocycles. The third kappa shape index (κ3) is 3.59. The van der Waals surface area contributed by atoms with Crippen molar-refractivity contribution in [2.24, 2.45) is 0 Å². The number of nitrogens with zero attached hydrogens (tertiary/aromatic N) is 1. The number of aryl methyl sites for hydroxylation is 1. The quantitative estimate of drug-likeness (QED) is 0.772. The summed E-state index contributed by atoms with van der Waals surface area (Å²) in [6.07, 6.45) is 3.51. The molecule has 96 valence electrons. The predicted octanol–water partition coefficient (Wildman–Crippen LogP) is 4.69. The largest absolute Gasteiger partial charge is 0.456 e. The molecular formula is C17H17NO. The zero-order valence-electron chi connectivity index (χ0n) is 11.1. The molecular weight excluding hydrogens is 234 g/mol. The molecule has 0 unspecified atom stereocenters. The molecule has 0 N–H and O–H groups in total. The lowest BCUT2D eigenvalue weighted by molar-refractivity contribution is 0.481. The SMILES string of the molecule is CCCCc1ccc(Oc2ccccc2C#N)cc1. The average Bonchev–Trinajstić information content (AvgIpc) is 2.47. The van der Waals surface area contributed by atoms with E-state index >= 15 is 0 Å². The first kappa shape index (κ1) is 13.2. The fourth-order valence-corrected chi connectivity index (χ4v) is 1.88. The first-order valence-corrected chi connectivity index (χ1v) is 6.59. The summed E-state index contributed by atoms with van der Waals surface area (Å²) in [5.41, 5.74) is 1.88. The van der Waals surface area contributed by atoms with Gasteiger partial charge in [0, 0.05) is 0 Å².